The summed E-state index contributed by atoms with van der Waals surface area (Å²) in [7, 11) is 0. The van der Waals surface area contributed by atoms with Crippen molar-refractivity contribution >= 4 is 57.3 Å². The molecule has 1 aliphatic rings. The lowest BCUT2D eigenvalue weighted by atomic mass is 9.96. The van der Waals surface area contributed by atoms with Crippen LogP contribution < -0.4 is 14.8 Å². The van der Waals surface area contributed by atoms with E-state index in [0.717, 1.165) is 64.2 Å². The van der Waals surface area contributed by atoms with Gasteiger partial charge >= 0.3 is 0 Å². The molecule has 0 radical (unpaired) electrons. The number of halogens is 2. The molecule has 8 heteroatoms. The Labute approximate surface area is 279 Å². The van der Waals surface area contributed by atoms with Crippen LogP contribution >= 0.6 is 34.5 Å². The number of carbonyl (C=O) groups excluding carboxylic acids is 1. The summed E-state index contributed by atoms with van der Waals surface area (Å²) < 4.78 is 12.3. The third kappa shape index (κ3) is 8.37. The van der Waals surface area contributed by atoms with E-state index in [4.69, 9.17) is 37.7 Å². The number of thiophene rings is 1. The summed E-state index contributed by atoms with van der Waals surface area (Å²) in [5.74, 6) is 1.13. The van der Waals surface area contributed by atoms with Crippen LogP contribution in [0, 0.1) is 6.92 Å². The molecule has 234 valence electrons. The molecule has 1 aliphatic carbocycles. The first-order valence-corrected chi connectivity index (χ1v) is 17.0. The maximum Gasteiger partial charge on any atom is 0.259 e. The van der Waals surface area contributed by atoms with E-state index in [-0.39, 0.29) is 12.5 Å². The number of nitrogens with zero attached hydrogens (tertiary/aromatic N) is 1. The number of rotatable bonds is 11. The Hall–Kier alpha value is -3.58. The molecule has 0 unspecified atom stereocenters. The summed E-state index contributed by atoms with van der Waals surface area (Å²) in [6.45, 7) is 8.63. The van der Waals surface area contributed by atoms with Gasteiger partial charge < -0.3 is 14.8 Å². The number of ether oxygens (including phenoxy) is 2. The lowest BCUT2D eigenvalue weighted by Gasteiger charge is -2.17. The number of anilines is 1. The minimum atomic E-state index is -0.113. The van der Waals surface area contributed by atoms with Crippen LogP contribution in [0.3, 0.4) is 0 Å². The Bertz CT molecular complexity index is 1710. The van der Waals surface area contributed by atoms with Gasteiger partial charge in [0.25, 0.3) is 5.91 Å². The highest BCUT2D eigenvalue weighted by Crippen LogP contribution is 2.40. The van der Waals surface area contributed by atoms with Gasteiger partial charge in [0.05, 0.1) is 12.2 Å². The van der Waals surface area contributed by atoms with Crippen molar-refractivity contribution in [2.24, 2.45) is 4.99 Å². The fraction of sp³-hybridized carbons (Fsp3) is 0.297. The first kappa shape index (κ1) is 32.8. The Morgan fingerprint density at radius 3 is 2.60 bits per heavy atom. The third-order valence-corrected chi connectivity index (χ3v) is 9.48. The molecule has 1 amide bonds. The smallest absolute Gasteiger partial charge is 0.259 e. The number of amides is 1. The SMILES string of the molecule is C=CCc1cc(C=Nc2sc3c(c2C(=O)Nc2cccc(C)c2)CCCCCC3)cc(OCC)c1OCc1ccc(Cl)cc1Cl. The predicted octanol–water partition coefficient (Wildman–Crippen LogP) is 10.7. The van der Waals surface area contributed by atoms with E-state index in [0.29, 0.717) is 40.1 Å². The summed E-state index contributed by atoms with van der Waals surface area (Å²) in [5, 5.41) is 4.98. The number of fused-ring (bicyclic) bond motifs is 1. The standard InChI is InChI=1S/C37H38Cl2N2O3S/c1-4-11-26-19-25(20-32(43-5-2)35(26)44-23-27-16-17-28(38)21-31(27)39)22-40-37-34(30-14-8-6-7-9-15-33(30)45-37)36(42)41-29-13-10-12-24(3)18-29/h4,10,12-13,16-22H,1,5-9,11,14-15,23H2,2-3H3,(H,41,42). The minimum absolute atomic E-state index is 0.113. The second-order valence-corrected chi connectivity index (χ2v) is 13.1. The van der Waals surface area contributed by atoms with Crippen LogP contribution in [0.15, 0.2) is 72.2 Å². The van der Waals surface area contributed by atoms with Crippen LogP contribution in [-0.2, 0) is 25.9 Å². The van der Waals surface area contributed by atoms with Gasteiger partial charge in [-0.1, -0.05) is 60.3 Å². The number of nitrogens with one attached hydrogen (secondary N) is 1. The Morgan fingerprint density at radius 2 is 1.84 bits per heavy atom. The van der Waals surface area contributed by atoms with E-state index >= 15 is 0 Å². The second kappa shape index (κ2) is 15.6. The molecule has 0 fully saturated rings. The first-order valence-electron chi connectivity index (χ1n) is 15.4. The average molecular weight is 662 g/mol. The van der Waals surface area contributed by atoms with Crippen LogP contribution in [-0.4, -0.2) is 18.7 Å². The van der Waals surface area contributed by atoms with Gasteiger partial charge in [0.2, 0.25) is 0 Å². The predicted molar refractivity (Wildman–Crippen MR) is 189 cm³/mol. The van der Waals surface area contributed by atoms with Crippen molar-refractivity contribution in [3.05, 3.63) is 116 Å². The van der Waals surface area contributed by atoms with Crippen molar-refractivity contribution < 1.29 is 14.3 Å². The molecule has 3 aromatic carbocycles. The second-order valence-electron chi connectivity index (χ2n) is 11.1. The van der Waals surface area contributed by atoms with Crippen LogP contribution in [0.1, 0.15) is 75.7 Å². The maximum absolute atomic E-state index is 13.8. The summed E-state index contributed by atoms with van der Waals surface area (Å²) >= 11 is 14.1. The molecule has 0 bridgehead atoms. The fourth-order valence-corrected chi connectivity index (χ4v) is 7.25. The van der Waals surface area contributed by atoms with Gasteiger partial charge in [0.1, 0.15) is 11.6 Å². The van der Waals surface area contributed by atoms with Crippen molar-refractivity contribution in [2.45, 2.75) is 65.4 Å². The van der Waals surface area contributed by atoms with Crippen LogP contribution in [0.4, 0.5) is 10.7 Å². The highest BCUT2D eigenvalue weighted by molar-refractivity contribution is 7.16. The van der Waals surface area contributed by atoms with E-state index in [9.17, 15) is 4.79 Å². The molecule has 0 aliphatic heterocycles. The van der Waals surface area contributed by atoms with E-state index in [1.165, 1.54) is 17.7 Å². The normalized spacial score (nSPS) is 13.2. The lowest BCUT2D eigenvalue weighted by molar-refractivity contribution is 0.102. The van der Waals surface area contributed by atoms with E-state index in [1.807, 2.05) is 68.6 Å². The molecule has 45 heavy (non-hydrogen) atoms. The molecule has 0 saturated carbocycles. The lowest BCUT2D eigenvalue weighted by Crippen LogP contribution is -2.14. The third-order valence-electron chi connectivity index (χ3n) is 7.69. The fourth-order valence-electron chi connectivity index (χ4n) is 5.56. The van der Waals surface area contributed by atoms with Gasteiger partial charge in [-0.15, -0.1) is 17.9 Å². The Morgan fingerprint density at radius 1 is 1.02 bits per heavy atom. The largest absolute Gasteiger partial charge is 0.490 e. The molecular weight excluding hydrogens is 623 g/mol. The number of carbonyl (C=O) groups is 1. The molecule has 5 nitrogen and oxygen atoms in total. The van der Waals surface area contributed by atoms with Crippen molar-refractivity contribution in [3.63, 3.8) is 0 Å². The van der Waals surface area contributed by atoms with Crippen molar-refractivity contribution in [3.8, 4) is 11.5 Å². The van der Waals surface area contributed by atoms with Crippen molar-refractivity contribution in [2.75, 3.05) is 11.9 Å². The quantitative estimate of drug-likeness (QED) is 0.129. The van der Waals surface area contributed by atoms with Gasteiger partial charge in [0, 0.05) is 38.0 Å². The van der Waals surface area contributed by atoms with Crippen LogP contribution in [0.5, 0.6) is 11.5 Å². The molecule has 0 spiro atoms. The zero-order valence-electron chi connectivity index (χ0n) is 25.8. The number of aryl methyl sites for hydroxylation is 2. The number of aliphatic imine (C=N–C) groups is 1. The van der Waals surface area contributed by atoms with Crippen LogP contribution in [0.2, 0.25) is 10.0 Å². The number of hydrogen-bond acceptors (Lipinski definition) is 5. The highest BCUT2D eigenvalue weighted by atomic mass is 35.5. The number of benzene rings is 3. The van der Waals surface area contributed by atoms with E-state index in [2.05, 4.69) is 11.9 Å². The molecule has 1 N–H and O–H groups in total. The van der Waals surface area contributed by atoms with Gasteiger partial charge in [-0.25, -0.2) is 4.99 Å². The topological polar surface area (TPSA) is 59.9 Å². The molecule has 1 heterocycles. The summed E-state index contributed by atoms with van der Waals surface area (Å²) in [5.41, 5.74) is 6.29. The van der Waals surface area contributed by atoms with Crippen molar-refractivity contribution in [1.29, 1.82) is 0 Å². The van der Waals surface area contributed by atoms with Gasteiger partial charge in [-0.2, -0.15) is 0 Å². The average Bonchev–Trinajstić information content (AvgIpc) is 3.33. The zero-order chi connectivity index (χ0) is 31.8. The van der Waals surface area contributed by atoms with Gasteiger partial charge in [-0.3, -0.25) is 4.79 Å². The summed E-state index contributed by atoms with van der Waals surface area (Å²) in [6, 6.07) is 17.2. The molecule has 5 rings (SSSR count). The molecular formula is C37H38Cl2N2O3S. The van der Waals surface area contributed by atoms with E-state index in [1.54, 1.807) is 23.5 Å². The highest BCUT2D eigenvalue weighted by Gasteiger charge is 2.24. The first-order chi connectivity index (χ1) is 21.9. The van der Waals surface area contributed by atoms with Crippen molar-refractivity contribution in [1.82, 2.24) is 0 Å². The van der Waals surface area contributed by atoms with Crippen LogP contribution in [0.25, 0.3) is 0 Å². The molecule has 0 atom stereocenters. The van der Waals surface area contributed by atoms with E-state index < -0.39 is 0 Å². The monoisotopic (exact) mass is 660 g/mol. The summed E-state index contributed by atoms with van der Waals surface area (Å²) in [6.07, 6.45) is 10.7. The molecule has 4 aromatic rings. The zero-order valence-corrected chi connectivity index (χ0v) is 28.1. The van der Waals surface area contributed by atoms with Gasteiger partial charge in [-0.05, 0) is 99.0 Å². The Balaban J connectivity index is 1.49. The Kier molecular flexibility index (Phi) is 11.4. The summed E-state index contributed by atoms with van der Waals surface area (Å²) in [4.78, 5) is 20.0. The van der Waals surface area contributed by atoms with Gasteiger partial charge in [0.15, 0.2) is 11.5 Å². The molecule has 0 saturated heterocycles. The maximum atomic E-state index is 13.8. The minimum Gasteiger partial charge on any atom is -0.490 e. The number of hydrogen-bond donors (Lipinski definition) is 1. The molecule has 1 aromatic heterocycles. The number of allylic oxidation sites excluding steroid dienone is 1.